The highest BCUT2D eigenvalue weighted by Gasteiger charge is 2.44. The van der Waals surface area contributed by atoms with Crippen LogP contribution in [-0.4, -0.2) is 63.1 Å². The molecule has 1 aliphatic carbocycles. The van der Waals surface area contributed by atoms with Crippen LogP contribution in [0.2, 0.25) is 0 Å². The van der Waals surface area contributed by atoms with Crippen LogP contribution in [0.5, 0.6) is 0 Å². The maximum Gasteiger partial charge on any atom is 0.248 e. The first-order valence-electron chi connectivity index (χ1n) is 8.64. The first-order chi connectivity index (χ1) is 11.7. The molecule has 7 heteroatoms. The van der Waals surface area contributed by atoms with E-state index in [-0.39, 0.29) is 12.5 Å². The Balaban J connectivity index is 1.53. The number of aromatic nitrogens is 3. The molecule has 3 atom stereocenters. The van der Waals surface area contributed by atoms with E-state index in [2.05, 4.69) is 26.8 Å². The fourth-order valence-corrected chi connectivity index (χ4v) is 4.49. The number of hydrogen-bond donors (Lipinski definition) is 2. The third kappa shape index (κ3) is 2.43. The van der Waals surface area contributed by atoms with Crippen LogP contribution < -0.4 is 4.90 Å². The van der Waals surface area contributed by atoms with Crippen LogP contribution in [0.15, 0.2) is 18.6 Å². The van der Waals surface area contributed by atoms with E-state index in [0.29, 0.717) is 17.9 Å². The van der Waals surface area contributed by atoms with Crippen molar-refractivity contribution in [1.82, 2.24) is 19.9 Å². The van der Waals surface area contributed by atoms with Gasteiger partial charge in [0.25, 0.3) is 0 Å². The summed E-state index contributed by atoms with van der Waals surface area (Å²) in [5, 5.41) is 10.1. The van der Waals surface area contributed by atoms with E-state index >= 15 is 0 Å². The van der Waals surface area contributed by atoms with Gasteiger partial charge in [-0.25, -0.2) is 9.97 Å². The zero-order valence-corrected chi connectivity index (χ0v) is 13.9. The number of carbonyl (C=O) groups is 1. The lowest BCUT2D eigenvalue weighted by atomic mass is 10.0. The van der Waals surface area contributed by atoms with Gasteiger partial charge in [-0.05, 0) is 37.7 Å². The van der Waals surface area contributed by atoms with Crippen molar-refractivity contribution in [3.05, 3.63) is 18.6 Å². The molecule has 1 amide bonds. The average molecular weight is 329 g/mol. The average Bonchev–Trinajstić information content (AvgIpc) is 3.29. The Hall–Kier alpha value is -2.15. The molecule has 2 N–H and O–H groups in total. The lowest BCUT2D eigenvalue weighted by Crippen LogP contribution is -2.37. The van der Waals surface area contributed by atoms with Crippen LogP contribution >= 0.6 is 0 Å². The number of aromatic amines is 1. The Labute approximate surface area is 140 Å². The molecule has 2 aliphatic rings. The molecule has 1 unspecified atom stereocenters. The molecular weight excluding hydrogens is 306 g/mol. The Kier molecular flexibility index (Phi) is 3.88. The van der Waals surface area contributed by atoms with Crippen molar-refractivity contribution >= 4 is 22.8 Å². The van der Waals surface area contributed by atoms with E-state index in [4.69, 9.17) is 5.11 Å². The molecule has 4 rings (SSSR count). The van der Waals surface area contributed by atoms with Gasteiger partial charge in [0.1, 0.15) is 24.4 Å². The van der Waals surface area contributed by atoms with Crippen LogP contribution in [0.3, 0.4) is 0 Å². The van der Waals surface area contributed by atoms with Crippen LogP contribution in [0.25, 0.3) is 11.0 Å². The minimum Gasteiger partial charge on any atom is -0.387 e. The van der Waals surface area contributed by atoms with Gasteiger partial charge in [0.05, 0.1) is 5.39 Å². The molecule has 0 bridgehead atoms. The number of likely N-dealkylation sites (tertiary alicyclic amines) is 1. The highest BCUT2D eigenvalue weighted by atomic mass is 16.3. The number of hydrogen-bond acceptors (Lipinski definition) is 5. The fraction of sp³-hybridized carbons (Fsp3) is 0.588. The second-order valence-corrected chi connectivity index (χ2v) is 6.83. The largest absolute Gasteiger partial charge is 0.387 e. The number of anilines is 1. The predicted molar refractivity (Wildman–Crippen MR) is 90.6 cm³/mol. The number of aliphatic hydroxyl groups excluding tert-OH is 1. The molecule has 2 aromatic rings. The molecule has 128 valence electrons. The Morgan fingerprint density at radius 1 is 1.38 bits per heavy atom. The highest BCUT2D eigenvalue weighted by Crippen LogP contribution is 2.41. The summed E-state index contributed by atoms with van der Waals surface area (Å²) in [6.07, 6.45) is 5.67. The summed E-state index contributed by atoms with van der Waals surface area (Å²) in [5.74, 6) is 1.92. The van der Waals surface area contributed by atoms with Crippen molar-refractivity contribution < 1.29 is 9.90 Å². The van der Waals surface area contributed by atoms with Crippen LogP contribution in [0.4, 0.5) is 5.82 Å². The van der Waals surface area contributed by atoms with Crippen molar-refractivity contribution in [1.29, 1.82) is 0 Å². The van der Waals surface area contributed by atoms with Gasteiger partial charge >= 0.3 is 0 Å². The SMILES string of the molecule is CCN(c1ncnc2[nH]ccc12)C1C[C@@H]2CN(C(=O)CO)C[C@@H]2C1. The molecule has 0 radical (unpaired) electrons. The summed E-state index contributed by atoms with van der Waals surface area (Å²) in [7, 11) is 0. The molecule has 1 saturated heterocycles. The van der Waals surface area contributed by atoms with Crippen molar-refractivity contribution in [2.24, 2.45) is 11.8 Å². The smallest absolute Gasteiger partial charge is 0.248 e. The number of nitrogens with zero attached hydrogens (tertiary/aromatic N) is 4. The van der Waals surface area contributed by atoms with Crippen molar-refractivity contribution in [3.63, 3.8) is 0 Å². The summed E-state index contributed by atoms with van der Waals surface area (Å²) in [6.45, 7) is 4.25. The fourth-order valence-electron chi connectivity index (χ4n) is 4.49. The maximum atomic E-state index is 11.7. The lowest BCUT2D eigenvalue weighted by molar-refractivity contribution is -0.133. The number of H-pyrrole nitrogens is 1. The number of nitrogens with one attached hydrogen (secondary N) is 1. The standard InChI is InChI=1S/C17H23N5O2/c1-2-22(17-14-3-4-18-16(14)19-10-20-17)13-5-11-7-21(15(24)9-23)8-12(11)6-13/h3-4,10-13,23H,2,5-9H2,1H3,(H,18,19,20)/t11-,12+,13?. The molecule has 3 heterocycles. The summed E-state index contributed by atoms with van der Waals surface area (Å²) in [6, 6.07) is 2.48. The predicted octanol–water partition coefficient (Wildman–Crippen LogP) is 1.01. The third-order valence-corrected chi connectivity index (χ3v) is 5.60. The Morgan fingerprint density at radius 3 is 2.79 bits per heavy atom. The summed E-state index contributed by atoms with van der Waals surface area (Å²) in [4.78, 5) is 27.9. The Morgan fingerprint density at radius 2 is 2.12 bits per heavy atom. The quantitative estimate of drug-likeness (QED) is 0.874. The normalized spacial score (nSPS) is 26.1. The zero-order chi connectivity index (χ0) is 16.7. The van der Waals surface area contributed by atoms with Crippen molar-refractivity contribution in [3.8, 4) is 0 Å². The maximum absolute atomic E-state index is 11.7. The zero-order valence-electron chi connectivity index (χ0n) is 13.9. The molecule has 0 aromatic carbocycles. The lowest BCUT2D eigenvalue weighted by Gasteiger charge is -2.30. The van der Waals surface area contributed by atoms with Gasteiger partial charge in [0.2, 0.25) is 5.91 Å². The molecule has 1 saturated carbocycles. The molecule has 2 fully saturated rings. The third-order valence-electron chi connectivity index (χ3n) is 5.60. The van der Waals surface area contributed by atoms with E-state index in [1.807, 2.05) is 17.2 Å². The van der Waals surface area contributed by atoms with Crippen molar-refractivity contribution in [2.45, 2.75) is 25.8 Å². The Bertz CT molecular complexity index is 731. The van der Waals surface area contributed by atoms with Gasteiger partial charge in [-0.3, -0.25) is 4.79 Å². The van der Waals surface area contributed by atoms with Crippen LogP contribution in [0, 0.1) is 11.8 Å². The second-order valence-electron chi connectivity index (χ2n) is 6.83. The van der Waals surface area contributed by atoms with Gasteiger partial charge < -0.3 is 19.9 Å². The van der Waals surface area contributed by atoms with Crippen LogP contribution in [-0.2, 0) is 4.79 Å². The minimum atomic E-state index is -0.379. The number of amides is 1. The monoisotopic (exact) mass is 329 g/mol. The van der Waals surface area contributed by atoms with Gasteiger partial charge in [-0.15, -0.1) is 0 Å². The van der Waals surface area contributed by atoms with E-state index < -0.39 is 0 Å². The molecular formula is C17H23N5O2. The molecule has 7 nitrogen and oxygen atoms in total. The number of fused-ring (bicyclic) bond motifs is 2. The summed E-state index contributed by atoms with van der Waals surface area (Å²) < 4.78 is 0. The van der Waals surface area contributed by atoms with E-state index in [1.165, 1.54) is 0 Å². The molecule has 2 aromatic heterocycles. The van der Waals surface area contributed by atoms with E-state index in [0.717, 1.165) is 49.3 Å². The first kappa shape index (κ1) is 15.4. The first-order valence-corrected chi connectivity index (χ1v) is 8.64. The van der Waals surface area contributed by atoms with Crippen LogP contribution in [0.1, 0.15) is 19.8 Å². The molecule has 1 aliphatic heterocycles. The number of rotatable bonds is 4. The van der Waals surface area contributed by atoms with Gasteiger partial charge in [-0.1, -0.05) is 0 Å². The van der Waals surface area contributed by atoms with Gasteiger partial charge in [-0.2, -0.15) is 0 Å². The van der Waals surface area contributed by atoms with Gasteiger partial charge in [0, 0.05) is 31.9 Å². The highest BCUT2D eigenvalue weighted by molar-refractivity contribution is 5.87. The number of aliphatic hydroxyl groups is 1. The number of carbonyl (C=O) groups excluding carboxylic acids is 1. The second kappa shape index (κ2) is 6.05. The summed E-state index contributed by atoms with van der Waals surface area (Å²) in [5.41, 5.74) is 0.872. The molecule has 24 heavy (non-hydrogen) atoms. The topological polar surface area (TPSA) is 85.4 Å². The minimum absolute atomic E-state index is 0.141. The van der Waals surface area contributed by atoms with Crippen molar-refractivity contribution in [2.75, 3.05) is 31.1 Å². The molecule has 0 spiro atoms. The summed E-state index contributed by atoms with van der Waals surface area (Å²) >= 11 is 0. The van der Waals surface area contributed by atoms with Gasteiger partial charge in [0.15, 0.2) is 0 Å². The van der Waals surface area contributed by atoms with E-state index in [9.17, 15) is 4.79 Å². The van der Waals surface area contributed by atoms with E-state index in [1.54, 1.807) is 6.33 Å².